The Morgan fingerprint density at radius 2 is 1.66 bits per heavy atom. The van der Waals surface area contributed by atoms with E-state index in [2.05, 4.69) is 29.2 Å². The van der Waals surface area contributed by atoms with Gasteiger partial charge in [-0.05, 0) is 48.9 Å². The lowest BCUT2D eigenvalue weighted by molar-refractivity contribution is -0.171. The van der Waals surface area contributed by atoms with E-state index in [-0.39, 0.29) is 18.9 Å². The van der Waals surface area contributed by atoms with Crippen molar-refractivity contribution in [3.05, 3.63) is 65.7 Å². The Hall–Kier alpha value is -3.39. The monoisotopic (exact) mass is 522 g/mol. The van der Waals surface area contributed by atoms with Crippen LogP contribution >= 0.6 is 0 Å². The number of nitrogens with zero attached hydrogens (tertiary/aromatic N) is 2. The van der Waals surface area contributed by atoms with Crippen molar-refractivity contribution in [3.8, 4) is 0 Å². The molecule has 2 aliphatic rings. The van der Waals surface area contributed by atoms with Crippen molar-refractivity contribution in [2.24, 2.45) is 5.92 Å². The number of rotatable bonds is 12. The molecule has 38 heavy (non-hydrogen) atoms. The first-order valence-electron chi connectivity index (χ1n) is 13.5. The molecule has 1 saturated heterocycles. The Morgan fingerprint density at radius 1 is 0.974 bits per heavy atom. The Bertz CT molecular complexity index is 1060. The van der Waals surface area contributed by atoms with E-state index >= 15 is 0 Å². The zero-order valence-corrected chi connectivity index (χ0v) is 22.3. The molecule has 0 bridgehead atoms. The van der Waals surface area contributed by atoms with Gasteiger partial charge in [-0.1, -0.05) is 55.3 Å². The molecule has 1 aliphatic heterocycles. The van der Waals surface area contributed by atoms with Crippen molar-refractivity contribution < 1.29 is 28.6 Å². The maximum atomic E-state index is 13.1. The summed E-state index contributed by atoms with van der Waals surface area (Å²) in [5, 5.41) is 0. The fourth-order valence-corrected chi connectivity index (χ4v) is 4.53. The zero-order chi connectivity index (χ0) is 26.9. The molecule has 0 N–H and O–H groups in total. The molecule has 8 nitrogen and oxygen atoms in total. The van der Waals surface area contributed by atoms with E-state index in [0.717, 1.165) is 56.0 Å². The van der Waals surface area contributed by atoms with Crippen molar-refractivity contribution in [3.63, 3.8) is 0 Å². The standard InChI is InChI=1S/C30H38N2O6/c1-22(29(34)37-21-25-6-4-3-5-7-25)38-30(35)27(20-24-8-9-24)31(2)28(33)15-12-23-10-13-26(14-11-23)32-16-18-36-19-17-32/h3-7,10-11,13-14,22,24,27H,8-9,12,15-21H2,1-2H3/t22-,27+/m1/s1. The Morgan fingerprint density at radius 3 is 2.32 bits per heavy atom. The summed E-state index contributed by atoms with van der Waals surface area (Å²) in [6.07, 6.45) is 2.44. The molecule has 4 rings (SSSR count). The van der Waals surface area contributed by atoms with Gasteiger partial charge in [0.1, 0.15) is 12.6 Å². The number of ether oxygens (including phenoxy) is 3. The lowest BCUT2D eigenvalue weighted by Gasteiger charge is -2.29. The maximum Gasteiger partial charge on any atom is 0.347 e. The van der Waals surface area contributed by atoms with Gasteiger partial charge in [0.25, 0.3) is 0 Å². The van der Waals surface area contributed by atoms with Crippen LogP contribution in [0.5, 0.6) is 0 Å². The van der Waals surface area contributed by atoms with E-state index in [9.17, 15) is 14.4 Å². The Labute approximate surface area is 224 Å². The summed E-state index contributed by atoms with van der Waals surface area (Å²) in [4.78, 5) is 42.3. The molecule has 2 aromatic carbocycles. The number of amides is 1. The largest absolute Gasteiger partial charge is 0.458 e. The van der Waals surface area contributed by atoms with Gasteiger partial charge in [0.05, 0.1) is 13.2 Å². The second-order valence-corrected chi connectivity index (χ2v) is 10.1. The van der Waals surface area contributed by atoms with Gasteiger partial charge in [-0.3, -0.25) is 4.79 Å². The third kappa shape index (κ3) is 8.05. The van der Waals surface area contributed by atoms with Crippen LogP contribution in [0.1, 0.15) is 43.7 Å². The lowest BCUT2D eigenvalue weighted by atomic mass is 10.1. The summed E-state index contributed by atoms with van der Waals surface area (Å²) >= 11 is 0. The van der Waals surface area contributed by atoms with Crippen molar-refractivity contribution in [2.75, 3.05) is 38.3 Å². The Kier molecular flexibility index (Phi) is 9.76. The Balaban J connectivity index is 1.27. The minimum Gasteiger partial charge on any atom is -0.458 e. The van der Waals surface area contributed by atoms with E-state index < -0.39 is 24.1 Å². The number of carbonyl (C=O) groups is 3. The van der Waals surface area contributed by atoms with E-state index in [1.165, 1.54) is 11.8 Å². The van der Waals surface area contributed by atoms with Gasteiger partial charge >= 0.3 is 11.9 Å². The molecular formula is C30H38N2O6. The van der Waals surface area contributed by atoms with Gasteiger partial charge in [-0.25, -0.2) is 9.59 Å². The number of anilines is 1. The van der Waals surface area contributed by atoms with Gasteiger partial charge in [-0.2, -0.15) is 0 Å². The van der Waals surface area contributed by atoms with Crippen LogP contribution in [0.15, 0.2) is 54.6 Å². The highest BCUT2D eigenvalue weighted by molar-refractivity contribution is 5.86. The van der Waals surface area contributed by atoms with Crippen LogP contribution < -0.4 is 4.90 Å². The zero-order valence-electron chi connectivity index (χ0n) is 22.3. The minimum absolute atomic E-state index is 0.110. The molecule has 204 valence electrons. The molecule has 2 atom stereocenters. The number of carbonyl (C=O) groups excluding carboxylic acids is 3. The molecule has 0 spiro atoms. The normalized spacial score (nSPS) is 16.8. The molecule has 0 radical (unpaired) electrons. The summed E-state index contributed by atoms with van der Waals surface area (Å²) in [6.45, 7) is 4.84. The number of aryl methyl sites for hydroxylation is 1. The number of morpholine rings is 1. The first-order chi connectivity index (χ1) is 18.4. The second-order valence-electron chi connectivity index (χ2n) is 10.1. The van der Waals surface area contributed by atoms with Crippen LogP contribution in [0.25, 0.3) is 0 Å². The van der Waals surface area contributed by atoms with Crippen molar-refractivity contribution in [2.45, 2.75) is 57.8 Å². The molecule has 1 aliphatic carbocycles. The third-order valence-electron chi connectivity index (χ3n) is 7.18. The molecular weight excluding hydrogens is 484 g/mol. The maximum absolute atomic E-state index is 13.1. The summed E-state index contributed by atoms with van der Waals surface area (Å²) in [7, 11) is 1.65. The fraction of sp³-hybridized carbons (Fsp3) is 0.500. The average Bonchev–Trinajstić information content (AvgIpc) is 3.78. The van der Waals surface area contributed by atoms with E-state index in [4.69, 9.17) is 14.2 Å². The van der Waals surface area contributed by atoms with Crippen LogP contribution in [0.3, 0.4) is 0 Å². The van der Waals surface area contributed by atoms with Crippen molar-refractivity contribution in [1.29, 1.82) is 0 Å². The number of hydrogen-bond donors (Lipinski definition) is 0. The van der Waals surface area contributed by atoms with Crippen LogP contribution in [-0.4, -0.2) is 68.2 Å². The van der Waals surface area contributed by atoms with Gasteiger partial charge in [0, 0.05) is 32.2 Å². The first kappa shape index (κ1) is 27.6. The molecule has 2 aromatic rings. The predicted molar refractivity (Wildman–Crippen MR) is 143 cm³/mol. The van der Waals surface area contributed by atoms with Crippen LogP contribution in [0, 0.1) is 5.92 Å². The second kappa shape index (κ2) is 13.4. The summed E-state index contributed by atoms with van der Waals surface area (Å²) in [5.74, 6) is -0.895. The van der Waals surface area contributed by atoms with Crippen LogP contribution in [0.4, 0.5) is 5.69 Å². The highest BCUT2D eigenvalue weighted by Gasteiger charge is 2.36. The molecule has 1 heterocycles. The van der Waals surface area contributed by atoms with E-state index in [1.54, 1.807) is 7.05 Å². The molecule has 1 amide bonds. The predicted octanol–water partition coefficient (Wildman–Crippen LogP) is 3.76. The number of hydrogen-bond acceptors (Lipinski definition) is 7. The summed E-state index contributed by atoms with van der Waals surface area (Å²) in [5.41, 5.74) is 3.08. The molecule has 8 heteroatoms. The minimum atomic E-state index is -1.05. The first-order valence-corrected chi connectivity index (χ1v) is 13.5. The number of benzene rings is 2. The molecule has 0 aromatic heterocycles. The lowest BCUT2D eigenvalue weighted by Crippen LogP contribution is -2.45. The van der Waals surface area contributed by atoms with Crippen molar-refractivity contribution in [1.82, 2.24) is 4.90 Å². The van der Waals surface area contributed by atoms with E-state index in [1.807, 2.05) is 30.3 Å². The SMILES string of the molecule is C[C@@H](OC(=O)[C@H](CC1CC1)N(C)C(=O)CCc1ccc(N2CCOCC2)cc1)C(=O)OCc1ccccc1. The van der Waals surface area contributed by atoms with Gasteiger partial charge in [0.15, 0.2) is 6.10 Å². The van der Waals surface area contributed by atoms with Crippen LogP contribution in [-0.2, 0) is 41.6 Å². The fourth-order valence-electron chi connectivity index (χ4n) is 4.53. The highest BCUT2D eigenvalue weighted by atomic mass is 16.6. The van der Waals surface area contributed by atoms with Gasteiger partial charge in [-0.15, -0.1) is 0 Å². The third-order valence-corrected chi connectivity index (χ3v) is 7.18. The van der Waals surface area contributed by atoms with Crippen molar-refractivity contribution >= 4 is 23.5 Å². The molecule has 0 unspecified atom stereocenters. The molecule has 1 saturated carbocycles. The summed E-state index contributed by atoms with van der Waals surface area (Å²) in [6, 6.07) is 16.9. The van der Waals surface area contributed by atoms with Crippen LogP contribution in [0.2, 0.25) is 0 Å². The number of esters is 2. The molecule has 2 fully saturated rings. The van der Waals surface area contributed by atoms with Gasteiger partial charge < -0.3 is 24.0 Å². The number of likely N-dealkylation sites (N-methyl/N-ethyl adjacent to an activating group) is 1. The smallest absolute Gasteiger partial charge is 0.347 e. The summed E-state index contributed by atoms with van der Waals surface area (Å²) < 4.78 is 16.2. The average molecular weight is 523 g/mol. The highest BCUT2D eigenvalue weighted by Crippen LogP contribution is 2.35. The topological polar surface area (TPSA) is 85.4 Å². The quantitative estimate of drug-likeness (QED) is 0.393. The van der Waals surface area contributed by atoms with Gasteiger partial charge in [0.2, 0.25) is 5.91 Å². The van der Waals surface area contributed by atoms with E-state index in [0.29, 0.717) is 18.8 Å².